The lowest BCUT2D eigenvalue weighted by atomic mass is 9.93. The molecule has 3 aromatic rings. The van der Waals surface area contributed by atoms with Crippen molar-refractivity contribution in [1.29, 1.82) is 0 Å². The zero-order valence-corrected chi connectivity index (χ0v) is 20.2. The van der Waals surface area contributed by atoms with E-state index in [1.165, 1.54) is 13.2 Å². The summed E-state index contributed by atoms with van der Waals surface area (Å²) in [5.74, 6) is 0.0752. The number of benzene rings is 3. The van der Waals surface area contributed by atoms with Gasteiger partial charge in [-0.15, -0.1) is 0 Å². The summed E-state index contributed by atoms with van der Waals surface area (Å²) in [6, 6.07) is 20.9. The smallest absolute Gasteiger partial charge is 0.246 e. The van der Waals surface area contributed by atoms with Crippen LogP contribution in [0.5, 0.6) is 11.5 Å². The Morgan fingerprint density at radius 1 is 1.00 bits per heavy atom. The predicted octanol–water partition coefficient (Wildman–Crippen LogP) is 5.08. The molecule has 35 heavy (non-hydrogen) atoms. The van der Waals surface area contributed by atoms with Gasteiger partial charge in [0.05, 0.1) is 17.8 Å². The molecule has 1 saturated heterocycles. The van der Waals surface area contributed by atoms with Crippen LogP contribution in [0.25, 0.3) is 0 Å². The highest BCUT2D eigenvalue weighted by Gasteiger charge is 2.33. The van der Waals surface area contributed by atoms with Gasteiger partial charge >= 0.3 is 0 Å². The van der Waals surface area contributed by atoms with Gasteiger partial charge in [-0.3, -0.25) is 14.5 Å². The van der Waals surface area contributed by atoms with Crippen molar-refractivity contribution in [2.45, 2.75) is 18.9 Å². The van der Waals surface area contributed by atoms with E-state index >= 15 is 0 Å². The molecule has 1 fully saturated rings. The molecule has 0 aliphatic carbocycles. The molecule has 0 spiro atoms. The van der Waals surface area contributed by atoms with E-state index in [2.05, 4.69) is 15.5 Å². The fourth-order valence-corrected chi connectivity index (χ4v) is 4.61. The second-order valence-electron chi connectivity index (χ2n) is 8.47. The van der Waals surface area contributed by atoms with E-state index in [0.717, 1.165) is 5.56 Å². The highest BCUT2D eigenvalue weighted by atomic mass is 35.5. The lowest BCUT2D eigenvalue weighted by Gasteiger charge is -2.36. The molecule has 1 atom stereocenters. The summed E-state index contributed by atoms with van der Waals surface area (Å²) in [5, 5.41) is 16.2. The topological polar surface area (TPSA) is 90.9 Å². The number of carbonyl (C=O) groups is 2. The first kappa shape index (κ1) is 24.6. The first-order valence-electron chi connectivity index (χ1n) is 11.5. The number of amides is 2. The molecule has 0 saturated carbocycles. The molecule has 1 aliphatic rings. The Hall–Kier alpha value is -3.55. The van der Waals surface area contributed by atoms with E-state index in [1.54, 1.807) is 36.4 Å². The summed E-state index contributed by atoms with van der Waals surface area (Å²) in [6.07, 6.45) is 1.20. The van der Waals surface area contributed by atoms with Gasteiger partial charge in [0.25, 0.3) is 0 Å². The van der Waals surface area contributed by atoms with Crippen molar-refractivity contribution >= 4 is 34.8 Å². The van der Waals surface area contributed by atoms with Crippen molar-refractivity contribution in [3.63, 3.8) is 0 Å². The largest absolute Gasteiger partial charge is 0.506 e. The van der Waals surface area contributed by atoms with Crippen LogP contribution >= 0.6 is 11.6 Å². The number of phenolic OH excluding ortho intramolecular Hbond substituents is 1. The summed E-state index contributed by atoms with van der Waals surface area (Å²) in [7, 11) is 1.54. The van der Waals surface area contributed by atoms with Gasteiger partial charge in [0.1, 0.15) is 17.5 Å². The maximum atomic E-state index is 13.4. The maximum Gasteiger partial charge on any atom is 0.246 e. The minimum Gasteiger partial charge on any atom is -0.506 e. The van der Waals surface area contributed by atoms with Crippen LogP contribution in [0.4, 0.5) is 11.4 Å². The van der Waals surface area contributed by atoms with E-state index in [0.29, 0.717) is 48.1 Å². The number of nitrogens with zero attached hydrogens (tertiary/aromatic N) is 1. The van der Waals surface area contributed by atoms with Crippen molar-refractivity contribution in [2.24, 2.45) is 5.92 Å². The molecule has 1 heterocycles. The number of nitrogens with one attached hydrogen (secondary N) is 2. The van der Waals surface area contributed by atoms with Gasteiger partial charge in [0.2, 0.25) is 11.8 Å². The van der Waals surface area contributed by atoms with Crippen LogP contribution in [0, 0.1) is 5.92 Å². The Labute approximate surface area is 209 Å². The van der Waals surface area contributed by atoms with Crippen LogP contribution in [0.1, 0.15) is 24.4 Å². The Balaban J connectivity index is 1.45. The molecule has 182 valence electrons. The van der Waals surface area contributed by atoms with Crippen molar-refractivity contribution in [2.75, 3.05) is 30.8 Å². The third kappa shape index (κ3) is 5.93. The minimum absolute atomic E-state index is 0.0396. The average molecular weight is 494 g/mol. The monoisotopic (exact) mass is 493 g/mol. The summed E-state index contributed by atoms with van der Waals surface area (Å²) in [5.41, 5.74) is 1.86. The number of piperidine rings is 1. The molecule has 4 rings (SSSR count). The number of phenols is 1. The van der Waals surface area contributed by atoms with E-state index in [1.807, 2.05) is 30.3 Å². The number of anilines is 2. The molecule has 0 aromatic heterocycles. The molecule has 3 aromatic carbocycles. The van der Waals surface area contributed by atoms with Gasteiger partial charge in [0.15, 0.2) is 0 Å². The Bertz CT molecular complexity index is 1180. The summed E-state index contributed by atoms with van der Waals surface area (Å²) in [6.45, 7) is 1.16. The van der Waals surface area contributed by atoms with Crippen LogP contribution in [0.15, 0.2) is 72.8 Å². The van der Waals surface area contributed by atoms with Gasteiger partial charge in [-0.05, 0) is 61.8 Å². The number of methoxy groups -OCH3 is 1. The van der Waals surface area contributed by atoms with Crippen LogP contribution in [-0.2, 0) is 9.59 Å². The third-order valence-corrected chi connectivity index (χ3v) is 6.51. The van der Waals surface area contributed by atoms with Crippen molar-refractivity contribution in [3.8, 4) is 11.5 Å². The maximum absolute atomic E-state index is 13.4. The van der Waals surface area contributed by atoms with Gasteiger partial charge in [-0.2, -0.15) is 0 Å². The Morgan fingerprint density at radius 2 is 1.69 bits per heavy atom. The lowest BCUT2D eigenvalue weighted by molar-refractivity contribution is -0.124. The standard InChI is InChI=1S/C27H28ClN3O4/c1-35-24-12-11-20(17-21(24)28)29-27(34)25(18-7-3-2-4-8-18)31-15-13-19(14-16-31)26(33)30-22-9-5-6-10-23(22)32/h2-12,17,19,25,32H,13-16H2,1H3,(H,29,34)(H,30,33)/t25-/m0/s1. The summed E-state index contributed by atoms with van der Waals surface area (Å²) < 4.78 is 5.19. The molecule has 2 amide bonds. The molecule has 0 radical (unpaired) electrons. The van der Waals surface area contributed by atoms with Crippen LogP contribution < -0.4 is 15.4 Å². The molecule has 1 aliphatic heterocycles. The molecule has 0 bridgehead atoms. The van der Waals surface area contributed by atoms with Crippen LogP contribution in [-0.4, -0.2) is 42.0 Å². The van der Waals surface area contributed by atoms with E-state index in [9.17, 15) is 14.7 Å². The number of ether oxygens (including phenoxy) is 1. The fourth-order valence-electron chi connectivity index (χ4n) is 4.35. The number of carbonyl (C=O) groups excluding carboxylic acids is 2. The molecule has 0 unspecified atom stereocenters. The predicted molar refractivity (Wildman–Crippen MR) is 137 cm³/mol. The van der Waals surface area contributed by atoms with Gasteiger partial charge in [0, 0.05) is 11.6 Å². The highest BCUT2D eigenvalue weighted by Crippen LogP contribution is 2.31. The minimum atomic E-state index is -0.515. The zero-order valence-electron chi connectivity index (χ0n) is 19.4. The summed E-state index contributed by atoms with van der Waals surface area (Å²) in [4.78, 5) is 28.3. The molecule has 7 nitrogen and oxygen atoms in total. The molecule has 8 heteroatoms. The van der Waals surface area contributed by atoms with Crippen molar-refractivity contribution in [3.05, 3.63) is 83.4 Å². The number of hydrogen-bond acceptors (Lipinski definition) is 5. The summed E-state index contributed by atoms with van der Waals surface area (Å²) >= 11 is 6.23. The molecular formula is C27H28ClN3O4. The normalized spacial score (nSPS) is 15.3. The Morgan fingerprint density at radius 3 is 2.34 bits per heavy atom. The number of hydrogen-bond donors (Lipinski definition) is 3. The fraction of sp³-hybridized carbons (Fsp3) is 0.259. The van der Waals surface area contributed by atoms with E-state index in [4.69, 9.17) is 16.3 Å². The van der Waals surface area contributed by atoms with Crippen LogP contribution in [0.2, 0.25) is 5.02 Å². The SMILES string of the molecule is COc1ccc(NC(=O)[C@H](c2ccccc2)N2CCC(C(=O)Nc3ccccc3O)CC2)cc1Cl. The van der Waals surface area contributed by atoms with Crippen molar-refractivity contribution in [1.82, 2.24) is 4.90 Å². The molecule has 3 N–H and O–H groups in total. The Kier molecular flexibility index (Phi) is 7.90. The molecular weight excluding hydrogens is 466 g/mol. The second kappa shape index (κ2) is 11.3. The van der Waals surface area contributed by atoms with Gasteiger partial charge in [-0.25, -0.2) is 0 Å². The van der Waals surface area contributed by atoms with Crippen molar-refractivity contribution < 1.29 is 19.4 Å². The van der Waals surface area contributed by atoms with E-state index < -0.39 is 6.04 Å². The average Bonchev–Trinajstić information content (AvgIpc) is 2.87. The van der Waals surface area contributed by atoms with Gasteiger partial charge < -0.3 is 20.5 Å². The zero-order chi connectivity index (χ0) is 24.8. The number of para-hydroxylation sites is 2. The second-order valence-corrected chi connectivity index (χ2v) is 8.88. The first-order chi connectivity index (χ1) is 17.0. The highest BCUT2D eigenvalue weighted by molar-refractivity contribution is 6.32. The van der Waals surface area contributed by atoms with E-state index in [-0.39, 0.29) is 23.5 Å². The number of aromatic hydroxyl groups is 1. The van der Waals surface area contributed by atoms with Crippen LogP contribution in [0.3, 0.4) is 0 Å². The number of likely N-dealkylation sites (tertiary alicyclic amines) is 1. The number of halogens is 1. The quantitative estimate of drug-likeness (QED) is 0.399. The number of rotatable bonds is 7. The first-order valence-corrected chi connectivity index (χ1v) is 11.9. The van der Waals surface area contributed by atoms with Gasteiger partial charge in [-0.1, -0.05) is 54.1 Å². The lowest BCUT2D eigenvalue weighted by Crippen LogP contribution is -2.44. The third-order valence-electron chi connectivity index (χ3n) is 6.21.